The summed E-state index contributed by atoms with van der Waals surface area (Å²) in [4.78, 5) is 25.8. The highest BCUT2D eigenvalue weighted by Crippen LogP contribution is 2.36. The van der Waals surface area contributed by atoms with Crippen molar-refractivity contribution in [2.45, 2.75) is 43.5 Å². The third kappa shape index (κ3) is 4.59. The molecule has 1 aliphatic carbocycles. The first-order valence-electron chi connectivity index (χ1n) is 8.32. The van der Waals surface area contributed by atoms with Gasteiger partial charge >= 0.3 is 0 Å². The summed E-state index contributed by atoms with van der Waals surface area (Å²) in [6, 6.07) is 4.80. The van der Waals surface area contributed by atoms with E-state index in [1.165, 1.54) is 29.2 Å². The molecule has 0 atom stereocenters. The summed E-state index contributed by atoms with van der Waals surface area (Å²) in [7, 11) is 0. The summed E-state index contributed by atoms with van der Waals surface area (Å²) >= 11 is 2.56. The van der Waals surface area contributed by atoms with E-state index in [2.05, 4.69) is 15.5 Å². The van der Waals surface area contributed by atoms with E-state index in [0.29, 0.717) is 27.1 Å². The first-order chi connectivity index (χ1) is 12.5. The standard InChI is InChI=1S/C17H19FN4O2S2/c1-3-15(24)22(12-6-7-12)16-20-21-17(26-16)25-9-14(23)19-11-5-4-10(2)13(18)8-11/h4-5,8,12H,3,6-7,9H2,1-2H3,(H,19,23). The number of hydrogen-bond donors (Lipinski definition) is 1. The monoisotopic (exact) mass is 394 g/mol. The molecule has 0 unspecified atom stereocenters. The fraction of sp³-hybridized carbons (Fsp3) is 0.412. The van der Waals surface area contributed by atoms with Gasteiger partial charge in [0.15, 0.2) is 4.34 Å². The number of aromatic nitrogens is 2. The van der Waals surface area contributed by atoms with Crippen molar-refractivity contribution in [3.05, 3.63) is 29.6 Å². The Kier molecular flexibility index (Phi) is 5.87. The van der Waals surface area contributed by atoms with Crippen molar-refractivity contribution in [3.63, 3.8) is 0 Å². The highest BCUT2D eigenvalue weighted by Gasteiger charge is 2.35. The molecule has 0 saturated heterocycles. The summed E-state index contributed by atoms with van der Waals surface area (Å²) in [5.74, 6) is -0.432. The second-order valence-corrected chi connectivity index (χ2v) is 8.18. The molecular weight excluding hydrogens is 375 g/mol. The first-order valence-corrected chi connectivity index (χ1v) is 10.1. The molecule has 0 radical (unpaired) electrons. The number of amides is 2. The Morgan fingerprint density at radius 1 is 1.38 bits per heavy atom. The smallest absolute Gasteiger partial charge is 0.234 e. The molecule has 1 saturated carbocycles. The van der Waals surface area contributed by atoms with Gasteiger partial charge in [-0.25, -0.2) is 4.39 Å². The van der Waals surface area contributed by atoms with Crippen molar-refractivity contribution >= 4 is 45.7 Å². The van der Waals surface area contributed by atoms with Crippen LogP contribution in [0.1, 0.15) is 31.7 Å². The number of nitrogens with one attached hydrogen (secondary N) is 1. The maximum Gasteiger partial charge on any atom is 0.234 e. The molecule has 3 rings (SSSR count). The maximum atomic E-state index is 13.5. The zero-order valence-electron chi connectivity index (χ0n) is 14.5. The quantitative estimate of drug-likeness (QED) is 0.573. The Morgan fingerprint density at radius 3 is 2.81 bits per heavy atom. The van der Waals surface area contributed by atoms with Crippen molar-refractivity contribution in [3.8, 4) is 0 Å². The molecule has 6 nitrogen and oxygen atoms in total. The van der Waals surface area contributed by atoms with Gasteiger partial charge in [-0.15, -0.1) is 10.2 Å². The second kappa shape index (κ2) is 8.13. The normalized spacial score (nSPS) is 13.5. The van der Waals surface area contributed by atoms with Crippen molar-refractivity contribution in [1.29, 1.82) is 0 Å². The molecule has 138 valence electrons. The molecular formula is C17H19FN4O2S2. The summed E-state index contributed by atoms with van der Waals surface area (Å²) < 4.78 is 14.1. The van der Waals surface area contributed by atoms with Crippen molar-refractivity contribution in [2.75, 3.05) is 16.0 Å². The summed E-state index contributed by atoms with van der Waals surface area (Å²) in [6.45, 7) is 3.49. The number of carbonyl (C=O) groups is 2. The van der Waals surface area contributed by atoms with Gasteiger partial charge in [0.1, 0.15) is 5.82 Å². The zero-order chi connectivity index (χ0) is 18.7. The summed E-state index contributed by atoms with van der Waals surface area (Å²) in [5, 5.41) is 11.4. The van der Waals surface area contributed by atoms with Gasteiger partial charge in [-0.1, -0.05) is 36.1 Å². The van der Waals surface area contributed by atoms with Gasteiger partial charge in [0.2, 0.25) is 16.9 Å². The lowest BCUT2D eigenvalue weighted by molar-refractivity contribution is -0.118. The number of benzene rings is 1. The number of rotatable bonds is 7. The number of hydrogen-bond acceptors (Lipinski definition) is 6. The van der Waals surface area contributed by atoms with E-state index in [1.807, 2.05) is 6.92 Å². The van der Waals surface area contributed by atoms with Crippen LogP contribution in [-0.2, 0) is 9.59 Å². The van der Waals surface area contributed by atoms with Gasteiger partial charge in [-0.3, -0.25) is 14.5 Å². The summed E-state index contributed by atoms with van der Waals surface area (Å²) in [5.41, 5.74) is 0.950. The molecule has 0 bridgehead atoms. The Hall–Kier alpha value is -2.00. The number of thioether (sulfide) groups is 1. The number of anilines is 2. The van der Waals surface area contributed by atoms with Gasteiger partial charge in [0.25, 0.3) is 0 Å². The number of aryl methyl sites for hydroxylation is 1. The van der Waals surface area contributed by atoms with Gasteiger partial charge < -0.3 is 5.32 Å². The van der Waals surface area contributed by atoms with Crippen LogP contribution >= 0.6 is 23.1 Å². The molecule has 1 aliphatic rings. The van der Waals surface area contributed by atoms with Crippen LogP contribution in [0.15, 0.2) is 22.5 Å². The van der Waals surface area contributed by atoms with Gasteiger partial charge in [0.05, 0.1) is 5.75 Å². The Bertz CT molecular complexity index is 823. The summed E-state index contributed by atoms with van der Waals surface area (Å²) in [6.07, 6.45) is 2.40. The van der Waals surface area contributed by atoms with E-state index in [4.69, 9.17) is 0 Å². The average Bonchev–Trinajstić information content (AvgIpc) is 3.34. The molecule has 0 aliphatic heterocycles. The predicted octanol–water partition coefficient (Wildman–Crippen LogP) is 3.62. The lowest BCUT2D eigenvalue weighted by atomic mass is 10.2. The van der Waals surface area contributed by atoms with Gasteiger partial charge in [0, 0.05) is 18.2 Å². The molecule has 2 aromatic rings. The fourth-order valence-corrected chi connectivity index (χ4v) is 4.05. The highest BCUT2D eigenvalue weighted by molar-refractivity contribution is 8.01. The number of carbonyl (C=O) groups excluding carboxylic acids is 2. The molecule has 1 aromatic heterocycles. The minimum absolute atomic E-state index is 0.0411. The molecule has 1 aromatic carbocycles. The van der Waals surface area contributed by atoms with Gasteiger partial charge in [-0.05, 0) is 37.5 Å². The molecule has 0 spiro atoms. The molecule has 1 fully saturated rings. The lowest BCUT2D eigenvalue weighted by Crippen LogP contribution is -2.32. The molecule has 1 heterocycles. The Morgan fingerprint density at radius 2 is 2.15 bits per heavy atom. The number of halogens is 1. The van der Waals surface area contributed by atoms with Crippen LogP contribution in [0.4, 0.5) is 15.2 Å². The SMILES string of the molecule is CCC(=O)N(c1nnc(SCC(=O)Nc2ccc(C)c(F)c2)s1)C1CC1. The minimum atomic E-state index is -0.357. The largest absolute Gasteiger partial charge is 0.325 e. The molecule has 9 heteroatoms. The highest BCUT2D eigenvalue weighted by atomic mass is 32.2. The van der Waals surface area contributed by atoms with Gasteiger partial charge in [-0.2, -0.15) is 0 Å². The van der Waals surface area contributed by atoms with Crippen LogP contribution in [0.5, 0.6) is 0 Å². The molecule has 26 heavy (non-hydrogen) atoms. The van der Waals surface area contributed by atoms with Crippen LogP contribution in [0.25, 0.3) is 0 Å². The van der Waals surface area contributed by atoms with Crippen molar-refractivity contribution < 1.29 is 14.0 Å². The Labute approximate surface area is 159 Å². The number of nitrogens with zero attached hydrogens (tertiary/aromatic N) is 3. The Balaban J connectivity index is 1.56. The minimum Gasteiger partial charge on any atom is -0.325 e. The van der Waals surface area contributed by atoms with E-state index >= 15 is 0 Å². The van der Waals surface area contributed by atoms with Crippen molar-refractivity contribution in [2.24, 2.45) is 0 Å². The van der Waals surface area contributed by atoms with Crippen LogP contribution in [-0.4, -0.2) is 33.8 Å². The fourth-order valence-electron chi connectivity index (χ4n) is 2.32. The topological polar surface area (TPSA) is 75.2 Å². The van der Waals surface area contributed by atoms with E-state index in [-0.39, 0.29) is 29.4 Å². The van der Waals surface area contributed by atoms with Crippen molar-refractivity contribution in [1.82, 2.24) is 10.2 Å². The zero-order valence-corrected chi connectivity index (χ0v) is 16.1. The lowest BCUT2D eigenvalue weighted by Gasteiger charge is -2.17. The van der Waals surface area contributed by atoms with Crippen LogP contribution in [0.2, 0.25) is 0 Å². The third-order valence-electron chi connectivity index (χ3n) is 3.87. The molecule has 2 amide bonds. The third-order valence-corrected chi connectivity index (χ3v) is 5.92. The van der Waals surface area contributed by atoms with Crippen LogP contribution in [0.3, 0.4) is 0 Å². The first kappa shape index (κ1) is 18.8. The average molecular weight is 394 g/mol. The van der Waals surface area contributed by atoms with Crippen LogP contribution < -0.4 is 10.2 Å². The predicted molar refractivity (Wildman–Crippen MR) is 101 cm³/mol. The van der Waals surface area contributed by atoms with E-state index in [1.54, 1.807) is 24.0 Å². The van der Waals surface area contributed by atoms with E-state index in [9.17, 15) is 14.0 Å². The van der Waals surface area contributed by atoms with Crippen LogP contribution in [0, 0.1) is 12.7 Å². The van der Waals surface area contributed by atoms with E-state index in [0.717, 1.165) is 12.8 Å². The maximum absolute atomic E-state index is 13.5. The molecule has 1 N–H and O–H groups in total. The van der Waals surface area contributed by atoms with E-state index < -0.39 is 0 Å². The second-order valence-electron chi connectivity index (χ2n) is 6.00.